The van der Waals surface area contributed by atoms with Gasteiger partial charge in [0, 0.05) is 36.7 Å². The SMILES string of the molecule is CC(C)NC(=O)NC(=O)CN1CCN(S(=O)(=O)c2cccc(Br)c2)CC1. The van der Waals surface area contributed by atoms with E-state index >= 15 is 0 Å². The molecule has 1 aliphatic rings. The molecule has 8 nitrogen and oxygen atoms in total. The van der Waals surface area contributed by atoms with Crippen LogP contribution in [-0.4, -0.2) is 68.3 Å². The van der Waals surface area contributed by atoms with Gasteiger partial charge in [0.25, 0.3) is 0 Å². The molecule has 0 radical (unpaired) electrons. The van der Waals surface area contributed by atoms with E-state index in [1.807, 2.05) is 4.90 Å². The number of hydrogen-bond acceptors (Lipinski definition) is 5. The molecule has 0 atom stereocenters. The second-order valence-corrected chi connectivity index (χ2v) is 9.17. The van der Waals surface area contributed by atoms with Gasteiger partial charge >= 0.3 is 6.03 Å². The number of halogens is 1. The Bertz CT molecular complexity index is 761. The number of benzene rings is 1. The first kappa shape index (κ1) is 20.8. The Balaban J connectivity index is 1.87. The summed E-state index contributed by atoms with van der Waals surface area (Å²) in [5.74, 6) is -0.411. The molecule has 1 fully saturated rings. The Morgan fingerprint density at radius 1 is 1.19 bits per heavy atom. The van der Waals surface area contributed by atoms with Crippen LogP contribution in [0.5, 0.6) is 0 Å². The molecule has 2 rings (SSSR count). The standard InChI is InChI=1S/C16H23BrN4O4S/c1-12(2)18-16(23)19-15(22)11-20-6-8-21(9-7-20)26(24,25)14-5-3-4-13(17)10-14/h3-5,10,12H,6-9,11H2,1-2H3,(H2,18,19,22,23). The number of rotatable bonds is 5. The van der Waals surface area contributed by atoms with E-state index < -0.39 is 22.0 Å². The molecule has 0 spiro atoms. The van der Waals surface area contributed by atoms with Gasteiger partial charge in [-0.2, -0.15) is 4.31 Å². The third-order valence-electron chi connectivity index (χ3n) is 3.81. The molecule has 0 aliphatic carbocycles. The third kappa shape index (κ3) is 5.76. The summed E-state index contributed by atoms with van der Waals surface area (Å²) in [5.41, 5.74) is 0. The van der Waals surface area contributed by atoms with Crippen molar-refractivity contribution in [2.45, 2.75) is 24.8 Å². The molecule has 0 aromatic heterocycles. The van der Waals surface area contributed by atoms with E-state index in [-0.39, 0.29) is 17.5 Å². The molecule has 26 heavy (non-hydrogen) atoms. The van der Waals surface area contributed by atoms with Crippen LogP contribution in [0.3, 0.4) is 0 Å². The normalized spacial score (nSPS) is 16.5. The van der Waals surface area contributed by atoms with Crippen molar-refractivity contribution in [3.8, 4) is 0 Å². The zero-order valence-corrected chi connectivity index (χ0v) is 17.1. The van der Waals surface area contributed by atoms with Gasteiger partial charge in [-0.15, -0.1) is 0 Å². The summed E-state index contributed by atoms with van der Waals surface area (Å²) < 4.78 is 27.5. The third-order valence-corrected chi connectivity index (χ3v) is 6.19. The monoisotopic (exact) mass is 446 g/mol. The van der Waals surface area contributed by atoms with Gasteiger partial charge in [0.1, 0.15) is 0 Å². The molecule has 2 N–H and O–H groups in total. The number of imide groups is 1. The summed E-state index contributed by atoms with van der Waals surface area (Å²) in [5, 5.41) is 4.84. The van der Waals surface area contributed by atoms with Crippen LogP contribution in [0.25, 0.3) is 0 Å². The number of nitrogens with zero attached hydrogens (tertiary/aromatic N) is 2. The van der Waals surface area contributed by atoms with E-state index in [0.29, 0.717) is 30.7 Å². The highest BCUT2D eigenvalue weighted by atomic mass is 79.9. The van der Waals surface area contributed by atoms with Crippen molar-refractivity contribution in [3.05, 3.63) is 28.7 Å². The first-order chi connectivity index (χ1) is 12.2. The lowest BCUT2D eigenvalue weighted by Crippen LogP contribution is -2.52. The van der Waals surface area contributed by atoms with Gasteiger partial charge in [0.2, 0.25) is 15.9 Å². The minimum atomic E-state index is -3.56. The summed E-state index contributed by atoms with van der Waals surface area (Å²) in [4.78, 5) is 25.5. The lowest BCUT2D eigenvalue weighted by molar-refractivity contribution is -0.121. The summed E-state index contributed by atoms with van der Waals surface area (Å²) in [6.07, 6.45) is 0. The number of amides is 3. The topological polar surface area (TPSA) is 98.8 Å². The van der Waals surface area contributed by atoms with Gasteiger partial charge in [0.15, 0.2) is 0 Å². The van der Waals surface area contributed by atoms with Gasteiger partial charge in [0.05, 0.1) is 11.4 Å². The highest BCUT2D eigenvalue weighted by Crippen LogP contribution is 2.21. The fourth-order valence-electron chi connectivity index (χ4n) is 2.57. The first-order valence-electron chi connectivity index (χ1n) is 8.27. The number of sulfonamides is 1. The quantitative estimate of drug-likeness (QED) is 0.702. The van der Waals surface area contributed by atoms with Gasteiger partial charge in [-0.05, 0) is 32.0 Å². The van der Waals surface area contributed by atoms with Crippen molar-refractivity contribution in [2.24, 2.45) is 0 Å². The molecule has 1 aromatic rings. The molecular formula is C16H23BrN4O4S. The molecule has 0 saturated carbocycles. The average molecular weight is 447 g/mol. The van der Waals surface area contributed by atoms with Crippen molar-refractivity contribution in [1.29, 1.82) is 0 Å². The van der Waals surface area contributed by atoms with Crippen molar-refractivity contribution < 1.29 is 18.0 Å². The van der Waals surface area contributed by atoms with Gasteiger partial charge in [-0.1, -0.05) is 22.0 Å². The zero-order chi connectivity index (χ0) is 19.3. The van der Waals surface area contributed by atoms with Crippen molar-refractivity contribution in [3.63, 3.8) is 0 Å². The van der Waals surface area contributed by atoms with Gasteiger partial charge in [-0.3, -0.25) is 15.0 Å². The molecule has 144 valence electrons. The largest absolute Gasteiger partial charge is 0.336 e. The van der Waals surface area contributed by atoms with Crippen molar-refractivity contribution in [2.75, 3.05) is 32.7 Å². The van der Waals surface area contributed by atoms with E-state index in [4.69, 9.17) is 0 Å². The van der Waals surface area contributed by atoms with Crippen LogP contribution >= 0.6 is 15.9 Å². The van der Waals surface area contributed by atoms with Crippen LogP contribution in [0.15, 0.2) is 33.6 Å². The van der Waals surface area contributed by atoms with Crippen molar-refractivity contribution in [1.82, 2.24) is 19.8 Å². The Kier molecular flexibility index (Phi) is 7.16. The van der Waals surface area contributed by atoms with Crippen LogP contribution in [0.2, 0.25) is 0 Å². The fourth-order valence-corrected chi connectivity index (χ4v) is 4.59. The average Bonchev–Trinajstić information content (AvgIpc) is 2.54. The molecule has 0 unspecified atom stereocenters. The summed E-state index contributed by atoms with van der Waals surface area (Å²) >= 11 is 3.28. The van der Waals surface area contributed by atoms with E-state index in [9.17, 15) is 18.0 Å². The predicted octanol–water partition coefficient (Wildman–Crippen LogP) is 0.990. The molecule has 0 bridgehead atoms. The van der Waals surface area contributed by atoms with Gasteiger partial charge < -0.3 is 5.32 Å². The predicted molar refractivity (Wildman–Crippen MR) is 101 cm³/mol. The van der Waals surface area contributed by atoms with E-state index in [1.165, 1.54) is 4.31 Å². The molecule has 10 heteroatoms. The summed E-state index contributed by atoms with van der Waals surface area (Å²) in [6.45, 7) is 5.08. The second kappa shape index (κ2) is 8.94. The maximum absolute atomic E-state index is 12.7. The fraction of sp³-hybridized carbons (Fsp3) is 0.500. The lowest BCUT2D eigenvalue weighted by atomic mass is 10.3. The number of piperazine rings is 1. The Morgan fingerprint density at radius 2 is 1.85 bits per heavy atom. The number of carbonyl (C=O) groups is 2. The summed E-state index contributed by atoms with van der Waals surface area (Å²) in [6, 6.07) is 6.00. The summed E-state index contributed by atoms with van der Waals surface area (Å²) in [7, 11) is -3.56. The Hall–Kier alpha value is -1.49. The minimum Gasteiger partial charge on any atom is -0.336 e. The number of carbonyl (C=O) groups excluding carboxylic acids is 2. The second-order valence-electron chi connectivity index (χ2n) is 6.31. The molecule has 1 aromatic carbocycles. The lowest BCUT2D eigenvalue weighted by Gasteiger charge is -2.33. The highest BCUT2D eigenvalue weighted by molar-refractivity contribution is 9.10. The number of urea groups is 1. The highest BCUT2D eigenvalue weighted by Gasteiger charge is 2.29. The zero-order valence-electron chi connectivity index (χ0n) is 14.7. The van der Waals surface area contributed by atoms with E-state index in [2.05, 4.69) is 26.6 Å². The molecule has 3 amide bonds. The first-order valence-corrected chi connectivity index (χ1v) is 10.5. The smallest absolute Gasteiger partial charge is 0.321 e. The molecule has 1 heterocycles. The van der Waals surface area contributed by atoms with E-state index in [0.717, 1.165) is 0 Å². The maximum atomic E-state index is 12.7. The Morgan fingerprint density at radius 3 is 2.42 bits per heavy atom. The number of hydrogen-bond donors (Lipinski definition) is 2. The van der Waals surface area contributed by atoms with Gasteiger partial charge in [-0.25, -0.2) is 13.2 Å². The maximum Gasteiger partial charge on any atom is 0.321 e. The van der Waals surface area contributed by atoms with Crippen LogP contribution < -0.4 is 10.6 Å². The van der Waals surface area contributed by atoms with Crippen LogP contribution in [0, 0.1) is 0 Å². The van der Waals surface area contributed by atoms with Crippen LogP contribution in [-0.2, 0) is 14.8 Å². The van der Waals surface area contributed by atoms with E-state index in [1.54, 1.807) is 38.1 Å². The van der Waals surface area contributed by atoms with Crippen LogP contribution in [0.1, 0.15) is 13.8 Å². The molecule has 1 aliphatic heterocycles. The number of nitrogens with one attached hydrogen (secondary N) is 2. The minimum absolute atomic E-state index is 0.0519. The van der Waals surface area contributed by atoms with Crippen LogP contribution in [0.4, 0.5) is 4.79 Å². The molecular weight excluding hydrogens is 424 g/mol. The Labute approximate surface area is 162 Å². The molecule has 1 saturated heterocycles. The van der Waals surface area contributed by atoms with Crippen molar-refractivity contribution >= 4 is 37.9 Å².